The number of carboxylic acid groups (broad SMARTS) is 1. The maximum Gasteiger partial charge on any atom is 0.308 e. The van der Waals surface area contributed by atoms with E-state index in [0.717, 1.165) is 0 Å². The van der Waals surface area contributed by atoms with Gasteiger partial charge >= 0.3 is 11.9 Å². The molecule has 0 bridgehead atoms. The van der Waals surface area contributed by atoms with Crippen LogP contribution in [-0.2, 0) is 24.3 Å². The first kappa shape index (κ1) is 16.9. The lowest BCUT2D eigenvalue weighted by Crippen LogP contribution is -2.32. The topological polar surface area (TPSA) is 101 Å². The summed E-state index contributed by atoms with van der Waals surface area (Å²) in [6, 6.07) is 0. The van der Waals surface area contributed by atoms with E-state index in [1.54, 1.807) is 13.8 Å². The molecule has 0 aliphatic carbocycles. The molecule has 0 radical (unpaired) electrons. The van der Waals surface area contributed by atoms with Crippen LogP contribution in [0.5, 0.6) is 0 Å². The molecule has 1 heterocycles. The molecule has 1 aliphatic rings. The SMILES string of the molecule is CCOC(=O)CCCS(=O)(=O)N1C[C@@H](C)[C@H](C(=O)O)C1. The van der Waals surface area contributed by atoms with Gasteiger partial charge in [0.15, 0.2) is 0 Å². The summed E-state index contributed by atoms with van der Waals surface area (Å²) in [5.74, 6) is -2.41. The van der Waals surface area contributed by atoms with Crippen molar-refractivity contribution < 1.29 is 27.9 Å². The summed E-state index contributed by atoms with van der Waals surface area (Å²) in [6.07, 6.45) is 0.239. The first-order chi connectivity index (χ1) is 9.27. The van der Waals surface area contributed by atoms with Crippen LogP contribution in [0.2, 0.25) is 0 Å². The van der Waals surface area contributed by atoms with Gasteiger partial charge in [0.2, 0.25) is 10.0 Å². The van der Waals surface area contributed by atoms with Gasteiger partial charge in [-0.15, -0.1) is 0 Å². The molecule has 0 spiro atoms. The van der Waals surface area contributed by atoms with E-state index < -0.39 is 27.9 Å². The molecule has 8 heteroatoms. The number of aliphatic carboxylic acids is 1. The number of carbonyl (C=O) groups is 2. The number of hydrogen-bond acceptors (Lipinski definition) is 5. The van der Waals surface area contributed by atoms with Crippen LogP contribution in [-0.4, -0.2) is 55.2 Å². The van der Waals surface area contributed by atoms with Crippen LogP contribution in [0.25, 0.3) is 0 Å². The molecule has 1 aliphatic heterocycles. The van der Waals surface area contributed by atoms with Crippen LogP contribution in [0, 0.1) is 11.8 Å². The second-order valence-corrected chi connectivity index (χ2v) is 7.05. The first-order valence-electron chi connectivity index (χ1n) is 6.64. The molecule has 0 aromatic rings. The van der Waals surface area contributed by atoms with Gasteiger partial charge < -0.3 is 9.84 Å². The molecular weight excluding hydrogens is 286 g/mol. The molecule has 1 saturated heterocycles. The minimum absolute atomic E-state index is 0.0121. The van der Waals surface area contributed by atoms with Gasteiger partial charge in [0.05, 0.1) is 18.3 Å². The van der Waals surface area contributed by atoms with Crippen molar-refractivity contribution in [3.8, 4) is 0 Å². The maximum atomic E-state index is 12.1. The van der Waals surface area contributed by atoms with Crippen LogP contribution in [0.3, 0.4) is 0 Å². The van der Waals surface area contributed by atoms with Crippen LogP contribution < -0.4 is 0 Å². The Labute approximate surface area is 118 Å². The van der Waals surface area contributed by atoms with E-state index in [4.69, 9.17) is 9.84 Å². The van der Waals surface area contributed by atoms with Crippen molar-refractivity contribution in [2.75, 3.05) is 25.4 Å². The van der Waals surface area contributed by atoms with E-state index in [1.807, 2.05) is 0 Å². The third-order valence-corrected chi connectivity index (χ3v) is 5.27. The number of ether oxygens (including phenoxy) is 1. The van der Waals surface area contributed by atoms with E-state index in [2.05, 4.69) is 0 Å². The second-order valence-electron chi connectivity index (χ2n) is 4.96. The van der Waals surface area contributed by atoms with Crippen molar-refractivity contribution in [1.82, 2.24) is 4.31 Å². The number of carboxylic acids is 1. The average molecular weight is 307 g/mol. The summed E-state index contributed by atoms with van der Waals surface area (Å²) in [6.45, 7) is 3.92. The minimum Gasteiger partial charge on any atom is -0.481 e. The number of hydrogen-bond donors (Lipinski definition) is 1. The van der Waals surface area contributed by atoms with Gasteiger partial charge in [0.1, 0.15) is 0 Å². The highest BCUT2D eigenvalue weighted by Gasteiger charge is 2.39. The molecule has 0 aromatic heterocycles. The average Bonchev–Trinajstić information content (AvgIpc) is 2.72. The fraction of sp³-hybridized carbons (Fsp3) is 0.833. The summed E-state index contributed by atoms with van der Waals surface area (Å²) in [7, 11) is -3.51. The van der Waals surface area contributed by atoms with E-state index in [1.165, 1.54) is 4.31 Å². The lowest BCUT2D eigenvalue weighted by molar-refractivity contribution is -0.143. The minimum atomic E-state index is -3.51. The van der Waals surface area contributed by atoms with Crippen molar-refractivity contribution in [1.29, 1.82) is 0 Å². The molecule has 0 saturated carbocycles. The van der Waals surface area contributed by atoms with E-state index in [-0.39, 0.29) is 44.2 Å². The van der Waals surface area contributed by atoms with Crippen LogP contribution in [0.15, 0.2) is 0 Å². The van der Waals surface area contributed by atoms with Gasteiger partial charge in [-0.25, -0.2) is 12.7 Å². The van der Waals surface area contributed by atoms with Crippen molar-refractivity contribution >= 4 is 22.0 Å². The molecule has 7 nitrogen and oxygen atoms in total. The summed E-state index contributed by atoms with van der Waals surface area (Å²) >= 11 is 0. The molecule has 116 valence electrons. The third-order valence-electron chi connectivity index (χ3n) is 3.38. The highest BCUT2D eigenvalue weighted by molar-refractivity contribution is 7.89. The van der Waals surface area contributed by atoms with Gasteiger partial charge in [-0.2, -0.15) is 0 Å². The summed E-state index contributed by atoms with van der Waals surface area (Å²) in [4.78, 5) is 22.1. The van der Waals surface area contributed by atoms with Gasteiger partial charge in [0, 0.05) is 19.5 Å². The van der Waals surface area contributed by atoms with Crippen molar-refractivity contribution in [3.05, 3.63) is 0 Å². The number of rotatable bonds is 7. The fourth-order valence-electron chi connectivity index (χ4n) is 2.23. The third kappa shape index (κ3) is 4.45. The van der Waals surface area contributed by atoms with E-state index >= 15 is 0 Å². The molecule has 0 aromatic carbocycles. The highest BCUT2D eigenvalue weighted by atomic mass is 32.2. The Hall–Kier alpha value is -1.15. The zero-order valence-electron chi connectivity index (χ0n) is 11.7. The zero-order chi connectivity index (χ0) is 15.3. The molecule has 1 N–H and O–H groups in total. The van der Waals surface area contributed by atoms with Crippen LogP contribution in [0.4, 0.5) is 0 Å². The molecule has 20 heavy (non-hydrogen) atoms. The zero-order valence-corrected chi connectivity index (χ0v) is 12.6. The molecule has 0 amide bonds. The lowest BCUT2D eigenvalue weighted by atomic mass is 9.99. The summed E-state index contributed by atoms with van der Waals surface area (Å²) in [5.41, 5.74) is 0. The highest BCUT2D eigenvalue weighted by Crippen LogP contribution is 2.26. The van der Waals surface area contributed by atoms with E-state index in [9.17, 15) is 18.0 Å². The summed E-state index contributed by atoms with van der Waals surface area (Å²) < 4.78 is 30.1. The molecule has 0 unspecified atom stereocenters. The molecular formula is C12H21NO6S. The number of sulfonamides is 1. The van der Waals surface area contributed by atoms with Gasteiger partial charge in [0.25, 0.3) is 0 Å². The van der Waals surface area contributed by atoms with Gasteiger partial charge in [-0.3, -0.25) is 9.59 Å². The Morgan fingerprint density at radius 1 is 1.35 bits per heavy atom. The monoisotopic (exact) mass is 307 g/mol. The largest absolute Gasteiger partial charge is 0.481 e. The Morgan fingerprint density at radius 2 is 2.00 bits per heavy atom. The van der Waals surface area contributed by atoms with Crippen molar-refractivity contribution in [3.63, 3.8) is 0 Å². The molecule has 1 fully saturated rings. The van der Waals surface area contributed by atoms with Crippen LogP contribution in [0.1, 0.15) is 26.7 Å². The molecule has 2 atom stereocenters. The maximum absolute atomic E-state index is 12.1. The van der Waals surface area contributed by atoms with Gasteiger partial charge in [-0.1, -0.05) is 6.92 Å². The first-order valence-corrected chi connectivity index (χ1v) is 8.25. The Bertz CT molecular complexity index is 461. The number of carbonyl (C=O) groups excluding carboxylic acids is 1. The quantitative estimate of drug-likeness (QED) is 0.679. The van der Waals surface area contributed by atoms with E-state index in [0.29, 0.717) is 0 Å². The Morgan fingerprint density at radius 3 is 2.50 bits per heavy atom. The fourth-order valence-corrected chi connectivity index (χ4v) is 3.85. The second kappa shape index (κ2) is 7.03. The predicted molar refractivity (Wildman–Crippen MR) is 71.5 cm³/mol. The molecule has 1 rings (SSSR count). The van der Waals surface area contributed by atoms with Gasteiger partial charge in [-0.05, 0) is 19.3 Å². The predicted octanol–water partition coefficient (Wildman–Crippen LogP) is 0.312. The standard InChI is InChI=1S/C12H21NO6S/c1-3-19-11(14)5-4-6-20(17,18)13-7-9(2)10(8-13)12(15)16/h9-10H,3-8H2,1-2H3,(H,15,16)/t9-,10-/m1/s1. The van der Waals surface area contributed by atoms with Crippen molar-refractivity contribution in [2.45, 2.75) is 26.7 Å². The normalized spacial score (nSPS) is 23.7. The lowest BCUT2D eigenvalue weighted by Gasteiger charge is -2.15. The smallest absolute Gasteiger partial charge is 0.308 e. The number of nitrogens with zero attached hydrogens (tertiary/aromatic N) is 1. The number of esters is 1. The Balaban J connectivity index is 2.50. The Kier molecular flexibility index (Phi) is 5.94. The van der Waals surface area contributed by atoms with Crippen LogP contribution >= 0.6 is 0 Å². The van der Waals surface area contributed by atoms with Crippen molar-refractivity contribution in [2.24, 2.45) is 11.8 Å². The summed E-state index contributed by atoms with van der Waals surface area (Å²) in [5, 5.41) is 8.99.